The van der Waals surface area contributed by atoms with Crippen molar-refractivity contribution in [2.75, 3.05) is 0 Å². The quantitative estimate of drug-likeness (QED) is 0.205. The normalized spacial score (nSPS) is 12.4. The van der Waals surface area contributed by atoms with Crippen LogP contribution in [-0.4, -0.2) is 56.9 Å². The van der Waals surface area contributed by atoms with Crippen molar-refractivity contribution in [3.8, 4) is 10.6 Å². The molecule has 1 aromatic heterocycles. The zero-order valence-electron chi connectivity index (χ0n) is 20.4. The number of aliphatic carboxylic acids is 2. The van der Waals surface area contributed by atoms with Gasteiger partial charge in [-0.15, -0.1) is 11.3 Å². The van der Waals surface area contributed by atoms with Gasteiger partial charge in [0.2, 0.25) is 17.7 Å². The number of carboxylic acids is 2. The molecule has 0 saturated heterocycles. The molecule has 0 saturated carbocycles. The molecular formula is C26H28N4O7S. The third-order valence-corrected chi connectivity index (χ3v) is 6.83. The van der Waals surface area contributed by atoms with Gasteiger partial charge in [-0.2, -0.15) is 0 Å². The number of thiazole rings is 1. The Morgan fingerprint density at radius 3 is 2.08 bits per heavy atom. The number of primary amides is 1. The van der Waals surface area contributed by atoms with E-state index in [-0.39, 0.29) is 19.3 Å². The van der Waals surface area contributed by atoms with E-state index in [1.165, 1.54) is 0 Å². The first-order chi connectivity index (χ1) is 18.1. The number of para-hydroxylation sites is 1. The van der Waals surface area contributed by atoms with Crippen LogP contribution >= 0.6 is 11.3 Å². The summed E-state index contributed by atoms with van der Waals surface area (Å²) < 4.78 is 1.09. The second kappa shape index (κ2) is 13.3. The van der Waals surface area contributed by atoms with Crippen molar-refractivity contribution in [2.45, 2.75) is 50.6 Å². The molecule has 1 unspecified atom stereocenters. The van der Waals surface area contributed by atoms with E-state index in [2.05, 4.69) is 15.6 Å². The van der Waals surface area contributed by atoms with Crippen molar-refractivity contribution in [1.29, 1.82) is 0 Å². The van der Waals surface area contributed by atoms with Crippen LogP contribution in [0.4, 0.5) is 0 Å². The lowest BCUT2D eigenvalue weighted by Crippen LogP contribution is -2.53. The minimum absolute atomic E-state index is 0.0373. The molecule has 0 aliphatic carbocycles. The molecule has 11 nitrogen and oxygen atoms in total. The predicted molar refractivity (Wildman–Crippen MR) is 140 cm³/mol. The summed E-state index contributed by atoms with van der Waals surface area (Å²) in [6, 6.07) is 13.0. The smallest absolute Gasteiger partial charge is 0.303 e. The number of benzene rings is 2. The Hall–Kier alpha value is -4.32. The number of hydrogen-bond donors (Lipinski definition) is 5. The summed E-state index contributed by atoms with van der Waals surface area (Å²) in [5.41, 5.74) is 8.02. The summed E-state index contributed by atoms with van der Waals surface area (Å²) in [5, 5.41) is 23.5. The number of carboxylic acid groups (broad SMARTS) is 2. The highest BCUT2D eigenvalue weighted by molar-refractivity contribution is 7.21. The number of nitrogens with zero attached hydrogens (tertiary/aromatic N) is 1. The van der Waals surface area contributed by atoms with Crippen LogP contribution in [0.3, 0.4) is 0 Å². The highest BCUT2D eigenvalue weighted by Crippen LogP contribution is 2.30. The number of rotatable bonds is 14. The fourth-order valence-electron chi connectivity index (χ4n) is 3.70. The van der Waals surface area contributed by atoms with Crippen molar-refractivity contribution in [1.82, 2.24) is 15.6 Å². The molecule has 2 aromatic carbocycles. The Labute approximate surface area is 222 Å². The van der Waals surface area contributed by atoms with Crippen molar-refractivity contribution >= 4 is 51.2 Å². The molecule has 2 atom stereocenters. The number of aromatic nitrogens is 1. The molecule has 3 rings (SSSR count). The molecule has 0 aliphatic rings. The van der Waals surface area contributed by atoms with E-state index in [9.17, 15) is 24.0 Å². The summed E-state index contributed by atoms with van der Waals surface area (Å²) >= 11 is 1.59. The molecule has 1 heterocycles. The molecule has 0 aliphatic heterocycles. The Morgan fingerprint density at radius 2 is 1.47 bits per heavy atom. The minimum atomic E-state index is -1.27. The molecular weight excluding hydrogens is 512 g/mol. The second-order valence-electron chi connectivity index (χ2n) is 8.63. The van der Waals surface area contributed by atoms with E-state index in [4.69, 9.17) is 15.9 Å². The molecule has 0 radical (unpaired) electrons. The first-order valence-corrected chi connectivity index (χ1v) is 12.7. The topological polar surface area (TPSA) is 189 Å². The van der Waals surface area contributed by atoms with Crippen molar-refractivity contribution in [2.24, 2.45) is 5.73 Å². The van der Waals surface area contributed by atoms with Gasteiger partial charge in [0, 0.05) is 24.8 Å². The molecule has 3 amide bonds. The zero-order valence-corrected chi connectivity index (χ0v) is 21.2. The maximum absolute atomic E-state index is 12.7. The summed E-state index contributed by atoms with van der Waals surface area (Å²) in [7, 11) is 0. The molecule has 0 fully saturated rings. The van der Waals surface area contributed by atoms with Crippen LogP contribution in [-0.2, 0) is 30.4 Å². The van der Waals surface area contributed by atoms with Gasteiger partial charge in [-0.1, -0.05) is 36.4 Å². The van der Waals surface area contributed by atoms with Crippen LogP contribution < -0.4 is 16.4 Å². The lowest BCUT2D eigenvalue weighted by molar-refractivity contribution is -0.139. The van der Waals surface area contributed by atoms with E-state index < -0.39 is 54.6 Å². The van der Waals surface area contributed by atoms with E-state index >= 15 is 0 Å². The number of hydrogen-bond acceptors (Lipinski definition) is 7. The van der Waals surface area contributed by atoms with Gasteiger partial charge in [0.05, 0.1) is 10.2 Å². The first-order valence-electron chi connectivity index (χ1n) is 11.9. The maximum atomic E-state index is 12.7. The molecule has 38 heavy (non-hydrogen) atoms. The summed E-state index contributed by atoms with van der Waals surface area (Å²) in [6.07, 6.45) is -0.839. The third-order valence-electron chi connectivity index (χ3n) is 5.74. The molecule has 0 bridgehead atoms. The monoisotopic (exact) mass is 540 g/mol. The Balaban J connectivity index is 1.58. The van der Waals surface area contributed by atoms with E-state index in [0.717, 1.165) is 26.4 Å². The number of carbonyl (C=O) groups excluding carboxylic acids is 3. The molecule has 200 valence electrons. The highest BCUT2D eigenvalue weighted by Gasteiger charge is 2.26. The largest absolute Gasteiger partial charge is 0.481 e. The van der Waals surface area contributed by atoms with E-state index in [1.54, 1.807) is 11.3 Å². The van der Waals surface area contributed by atoms with Gasteiger partial charge in [0.15, 0.2) is 0 Å². The highest BCUT2D eigenvalue weighted by atomic mass is 32.1. The lowest BCUT2D eigenvalue weighted by Gasteiger charge is -2.21. The predicted octanol–water partition coefficient (Wildman–Crippen LogP) is 2.08. The van der Waals surface area contributed by atoms with Crippen LogP contribution in [0.25, 0.3) is 20.8 Å². The third kappa shape index (κ3) is 8.37. The lowest BCUT2D eigenvalue weighted by atomic mass is 10.1. The first kappa shape index (κ1) is 28.3. The van der Waals surface area contributed by atoms with Gasteiger partial charge in [-0.25, -0.2) is 4.98 Å². The molecule has 0 spiro atoms. The van der Waals surface area contributed by atoms with Crippen LogP contribution in [0.1, 0.15) is 37.7 Å². The molecule has 3 aromatic rings. The van der Waals surface area contributed by atoms with Gasteiger partial charge >= 0.3 is 11.9 Å². The second-order valence-corrected chi connectivity index (χ2v) is 9.66. The fourth-order valence-corrected chi connectivity index (χ4v) is 4.67. The Bertz CT molecular complexity index is 1290. The standard InChI is InChI=1S/C26H28N4O7S/c27-24(36)18(10-13-22(32)33)29-25(37)19(11-14-23(34)35)28-21(31)12-7-15-5-8-16(9-6-15)26-30-17-3-1-2-4-20(17)38-26/h1-6,8-9,18-19H,7,10-14H2,(H2,27,36)(H,28,31)(H,29,37)(H,32,33)(H,34,35)/t18?,19-/m0/s1. The number of amides is 3. The number of nitrogens with one attached hydrogen (secondary N) is 2. The Kier molecular flexibility index (Phi) is 9.88. The fraction of sp³-hybridized carbons (Fsp3) is 0.308. The summed E-state index contributed by atoms with van der Waals surface area (Å²) in [6.45, 7) is 0. The maximum Gasteiger partial charge on any atom is 0.303 e. The summed E-state index contributed by atoms with van der Waals surface area (Å²) in [4.78, 5) is 63.3. The number of nitrogens with two attached hydrogens (primary N) is 1. The summed E-state index contributed by atoms with van der Waals surface area (Å²) in [5.74, 6) is -4.56. The van der Waals surface area contributed by atoms with E-state index in [0.29, 0.717) is 6.42 Å². The van der Waals surface area contributed by atoms with Gasteiger partial charge in [0.25, 0.3) is 0 Å². The number of aryl methyl sites for hydroxylation is 1. The Morgan fingerprint density at radius 1 is 0.842 bits per heavy atom. The number of carbonyl (C=O) groups is 5. The molecule has 6 N–H and O–H groups in total. The van der Waals surface area contributed by atoms with Crippen molar-refractivity contribution in [3.05, 3.63) is 54.1 Å². The van der Waals surface area contributed by atoms with Gasteiger partial charge in [-0.05, 0) is 37.0 Å². The number of fused-ring (bicyclic) bond motifs is 1. The SMILES string of the molecule is NC(=O)C(CCC(=O)O)NC(=O)[C@H](CCC(=O)O)NC(=O)CCc1ccc(-c2nc3ccccc3s2)cc1. The van der Waals surface area contributed by atoms with Crippen molar-refractivity contribution in [3.63, 3.8) is 0 Å². The van der Waals surface area contributed by atoms with Crippen LogP contribution in [0.15, 0.2) is 48.5 Å². The van der Waals surface area contributed by atoms with Gasteiger partial charge in [-0.3, -0.25) is 24.0 Å². The zero-order chi connectivity index (χ0) is 27.7. The van der Waals surface area contributed by atoms with Crippen LogP contribution in [0.5, 0.6) is 0 Å². The average Bonchev–Trinajstić information content (AvgIpc) is 3.32. The molecule has 12 heteroatoms. The van der Waals surface area contributed by atoms with Crippen LogP contribution in [0, 0.1) is 0 Å². The van der Waals surface area contributed by atoms with Crippen LogP contribution in [0.2, 0.25) is 0 Å². The van der Waals surface area contributed by atoms with Gasteiger partial charge in [0.1, 0.15) is 17.1 Å². The van der Waals surface area contributed by atoms with E-state index in [1.807, 2.05) is 48.5 Å². The van der Waals surface area contributed by atoms with Gasteiger partial charge < -0.3 is 26.6 Å². The van der Waals surface area contributed by atoms with Crippen molar-refractivity contribution < 1.29 is 34.2 Å². The minimum Gasteiger partial charge on any atom is -0.481 e. The average molecular weight is 541 g/mol.